The molecule has 0 saturated heterocycles. The number of hydrogen-bond donors (Lipinski definition) is 3. The minimum absolute atomic E-state index is 0.151. The summed E-state index contributed by atoms with van der Waals surface area (Å²) >= 11 is 2.76. The van der Waals surface area contributed by atoms with Gasteiger partial charge in [-0.3, -0.25) is 5.32 Å². The van der Waals surface area contributed by atoms with Crippen LogP contribution in [0.4, 0.5) is 9.80 Å². The second kappa shape index (κ2) is 6.23. The number of rotatable bonds is 4. The Balaban J connectivity index is 2.03. The first kappa shape index (κ1) is 15.5. The number of anilines is 1. The second-order valence-electron chi connectivity index (χ2n) is 4.46. The molecule has 0 aliphatic rings. The number of amides is 2. The molecule has 21 heavy (non-hydrogen) atoms. The molecule has 0 aliphatic heterocycles. The lowest BCUT2D eigenvalue weighted by Crippen LogP contribution is -2.28. The predicted octanol–water partition coefficient (Wildman–Crippen LogP) is 3.15. The van der Waals surface area contributed by atoms with E-state index in [2.05, 4.69) is 15.6 Å². The maximum absolute atomic E-state index is 11.9. The van der Waals surface area contributed by atoms with Gasteiger partial charge in [-0.05, 0) is 26.3 Å². The number of carboxylic acids is 1. The highest BCUT2D eigenvalue weighted by molar-refractivity contribution is 7.16. The highest BCUT2D eigenvalue weighted by atomic mass is 32.1. The average molecular weight is 325 g/mol. The zero-order valence-corrected chi connectivity index (χ0v) is 13.4. The van der Waals surface area contributed by atoms with E-state index in [9.17, 15) is 14.7 Å². The third kappa shape index (κ3) is 3.59. The highest BCUT2D eigenvalue weighted by Crippen LogP contribution is 2.32. The number of thiophene rings is 1. The van der Waals surface area contributed by atoms with Gasteiger partial charge in [-0.1, -0.05) is 0 Å². The van der Waals surface area contributed by atoms with Crippen LogP contribution in [0.25, 0.3) is 0 Å². The molecule has 0 unspecified atom stereocenters. The van der Waals surface area contributed by atoms with E-state index in [0.717, 1.165) is 14.8 Å². The van der Waals surface area contributed by atoms with Crippen molar-refractivity contribution in [2.45, 2.75) is 27.3 Å². The number of urea groups is 1. The maximum atomic E-state index is 11.9. The van der Waals surface area contributed by atoms with E-state index in [0.29, 0.717) is 17.1 Å². The summed E-state index contributed by atoms with van der Waals surface area (Å²) in [5.41, 5.74) is 0.830. The van der Waals surface area contributed by atoms with E-state index < -0.39 is 12.0 Å². The minimum Gasteiger partial charge on any atom is -0.478 e. The quantitative estimate of drug-likeness (QED) is 0.805. The van der Waals surface area contributed by atoms with Gasteiger partial charge in [0.25, 0.3) is 0 Å². The van der Waals surface area contributed by atoms with E-state index in [4.69, 9.17) is 0 Å². The van der Waals surface area contributed by atoms with Crippen molar-refractivity contribution >= 4 is 39.7 Å². The Morgan fingerprint density at radius 2 is 2.00 bits per heavy atom. The standard InChI is InChI=1S/C13H15N3O3S2/c1-6-4-14-9(20-6)5-15-13(19)16-11-10(12(17)18)7(2)8(3)21-11/h4H,5H2,1-3H3,(H,17,18)(H2,15,16,19). The topological polar surface area (TPSA) is 91.3 Å². The number of carbonyl (C=O) groups is 2. The SMILES string of the molecule is Cc1cnc(CNC(=O)Nc2sc(C)c(C)c2C(=O)O)s1. The lowest BCUT2D eigenvalue weighted by Gasteiger charge is -2.05. The maximum Gasteiger partial charge on any atom is 0.338 e. The second-order valence-corrected chi connectivity index (χ2v) is 7.01. The minimum atomic E-state index is -1.04. The summed E-state index contributed by atoms with van der Waals surface area (Å²) in [7, 11) is 0. The first-order valence-corrected chi connectivity index (χ1v) is 7.81. The molecule has 2 heterocycles. The van der Waals surface area contributed by atoms with Crippen molar-refractivity contribution in [3.8, 4) is 0 Å². The molecule has 6 nitrogen and oxygen atoms in total. The van der Waals surface area contributed by atoms with Gasteiger partial charge in [0.05, 0.1) is 12.1 Å². The Morgan fingerprint density at radius 1 is 1.29 bits per heavy atom. The van der Waals surface area contributed by atoms with E-state index in [-0.39, 0.29) is 5.56 Å². The molecule has 0 aliphatic carbocycles. The van der Waals surface area contributed by atoms with Gasteiger partial charge >= 0.3 is 12.0 Å². The molecule has 0 fully saturated rings. The molecule has 8 heteroatoms. The molecule has 2 aromatic heterocycles. The van der Waals surface area contributed by atoms with E-state index in [1.54, 1.807) is 13.1 Å². The summed E-state index contributed by atoms with van der Waals surface area (Å²) in [5, 5.41) is 15.6. The average Bonchev–Trinajstić information content (AvgIpc) is 2.92. The predicted molar refractivity (Wildman–Crippen MR) is 83.5 cm³/mol. The van der Waals surface area contributed by atoms with Crippen molar-refractivity contribution < 1.29 is 14.7 Å². The van der Waals surface area contributed by atoms with Gasteiger partial charge in [-0.15, -0.1) is 22.7 Å². The lowest BCUT2D eigenvalue weighted by atomic mass is 10.1. The molecule has 0 atom stereocenters. The molecule has 2 amide bonds. The van der Waals surface area contributed by atoms with Crippen LogP contribution < -0.4 is 10.6 Å². The summed E-state index contributed by atoms with van der Waals surface area (Å²) in [6.45, 7) is 5.82. The zero-order valence-electron chi connectivity index (χ0n) is 11.8. The van der Waals surface area contributed by atoms with E-state index >= 15 is 0 Å². The van der Waals surface area contributed by atoms with Crippen LogP contribution in [-0.4, -0.2) is 22.1 Å². The summed E-state index contributed by atoms with van der Waals surface area (Å²) in [4.78, 5) is 29.2. The molecule has 3 N–H and O–H groups in total. The van der Waals surface area contributed by atoms with Crippen molar-refractivity contribution in [2.24, 2.45) is 0 Å². The summed E-state index contributed by atoms with van der Waals surface area (Å²) < 4.78 is 0. The van der Waals surface area contributed by atoms with Gasteiger partial charge in [0.15, 0.2) is 0 Å². The number of aromatic nitrogens is 1. The monoisotopic (exact) mass is 325 g/mol. The first-order chi connectivity index (χ1) is 9.88. The fourth-order valence-corrected chi connectivity index (χ4v) is 3.53. The third-order valence-corrected chi connectivity index (χ3v) is 4.93. The number of nitrogens with zero attached hydrogens (tertiary/aromatic N) is 1. The van der Waals surface area contributed by atoms with Crippen LogP contribution in [0, 0.1) is 20.8 Å². The van der Waals surface area contributed by atoms with Gasteiger partial charge in [0.1, 0.15) is 10.0 Å². The van der Waals surface area contributed by atoms with Crippen LogP contribution in [0.1, 0.15) is 30.7 Å². The smallest absolute Gasteiger partial charge is 0.338 e. The fraction of sp³-hybridized carbons (Fsp3) is 0.308. The summed E-state index contributed by atoms with van der Waals surface area (Å²) in [5.74, 6) is -1.04. The number of nitrogens with one attached hydrogen (secondary N) is 2. The molecule has 0 radical (unpaired) electrons. The number of hydrogen-bond acceptors (Lipinski definition) is 5. The molecular formula is C13H15N3O3S2. The molecule has 2 aromatic rings. The molecule has 0 spiro atoms. The van der Waals surface area contributed by atoms with Gasteiger partial charge in [-0.25, -0.2) is 14.6 Å². The zero-order chi connectivity index (χ0) is 15.6. The highest BCUT2D eigenvalue weighted by Gasteiger charge is 2.20. The number of aryl methyl sites for hydroxylation is 2. The number of carboxylic acid groups (broad SMARTS) is 1. The van der Waals surface area contributed by atoms with Gasteiger partial charge in [0, 0.05) is 16.0 Å². The van der Waals surface area contributed by atoms with Gasteiger partial charge in [0.2, 0.25) is 0 Å². The Labute approximate surface area is 129 Å². The van der Waals surface area contributed by atoms with E-state index in [1.165, 1.54) is 22.7 Å². The Hall–Kier alpha value is -1.93. The summed E-state index contributed by atoms with van der Waals surface area (Å²) in [6, 6.07) is -0.438. The van der Waals surface area contributed by atoms with E-state index in [1.807, 2.05) is 13.8 Å². The van der Waals surface area contributed by atoms with Crippen LogP contribution in [0.2, 0.25) is 0 Å². The molecule has 0 bridgehead atoms. The van der Waals surface area contributed by atoms with Crippen molar-refractivity contribution in [1.29, 1.82) is 0 Å². The van der Waals surface area contributed by atoms with Crippen molar-refractivity contribution in [3.63, 3.8) is 0 Å². The molecule has 0 saturated carbocycles. The van der Waals surface area contributed by atoms with Crippen molar-refractivity contribution in [1.82, 2.24) is 10.3 Å². The number of carbonyl (C=O) groups excluding carboxylic acids is 1. The van der Waals surface area contributed by atoms with Gasteiger partial charge < -0.3 is 10.4 Å². The third-order valence-electron chi connectivity index (χ3n) is 2.90. The van der Waals surface area contributed by atoms with Gasteiger partial charge in [-0.2, -0.15) is 0 Å². The number of thiazole rings is 1. The van der Waals surface area contributed by atoms with Crippen LogP contribution in [0.5, 0.6) is 0 Å². The van der Waals surface area contributed by atoms with Crippen molar-refractivity contribution in [2.75, 3.05) is 5.32 Å². The summed E-state index contributed by atoms with van der Waals surface area (Å²) in [6.07, 6.45) is 1.74. The Kier molecular flexibility index (Phi) is 4.59. The molecule has 112 valence electrons. The first-order valence-electron chi connectivity index (χ1n) is 6.18. The van der Waals surface area contributed by atoms with Crippen molar-refractivity contribution in [3.05, 3.63) is 32.1 Å². The van der Waals surface area contributed by atoms with Crippen LogP contribution >= 0.6 is 22.7 Å². The lowest BCUT2D eigenvalue weighted by molar-refractivity contribution is 0.0697. The van der Waals surface area contributed by atoms with Crippen LogP contribution in [0.15, 0.2) is 6.20 Å². The largest absolute Gasteiger partial charge is 0.478 e. The fourth-order valence-electron chi connectivity index (χ4n) is 1.76. The molecule has 0 aromatic carbocycles. The molecule has 2 rings (SSSR count). The normalized spacial score (nSPS) is 10.4. The van der Waals surface area contributed by atoms with Crippen LogP contribution in [0.3, 0.4) is 0 Å². The molecular weight excluding hydrogens is 310 g/mol. The van der Waals surface area contributed by atoms with Crippen LogP contribution in [-0.2, 0) is 6.54 Å². The Bertz CT molecular complexity index is 691. The number of aromatic carboxylic acids is 1. The Morgan fingerprint density at radius 3 is 2.57 bits per heavy atom.